The number of primary amides is 1. The van der Waals surface area contributed by atoms with Crippen LogP contribution in [0.5, 0.6) is 5.75 Å². The third-order valence-corrected chi connectivity index (χ3v) is 9.32. The summed E-state index contributed by atoms with van der Waals surface area (Å²) in [5.74, 6) is -7.15. The Balaban J connectivity index is 1.60. The number of phenols is 1. The second-order valence-electron chi connectivity index (χ2n) is 11.8. The second-order valence-corrected chi connectivity index (χ2v) is 11.8. The highest BCUT2D eigenvalue weighted by Gasteiger charge is 2.62. The van der Waals surface area contributed by atoms with Crippen LogP contribution < -0.4 is 10.6 Å². The molecule has 0 heterocycles. The number of aromatic hydroxyl groups is 1. The van der Waals surface area contributed by atoms with E-state index in [0.29, 0.717) is 36.8 Å². The van der Waals surface area contributed by atoms with Crippen molar-refractivity contribution in [3.05, 3.63) is 34.1 Å². The average molecular weight is 529 g/mol. The Labute approximate surface area is 220 Å². The molecule has 10 nitrogen and oxygen atoms in total. The maximum atomic E-state index is 13.9. The number of Topliss-reactive ketones (excluding diaryl/α,β-unsaturated/α-hetero) is 2. The highest BCUT2D eigenvalue weighted by atomic mass is 16.3. The highest BCUT2D eigenvalue weighted by Crippen LogP contribution is 2.53. The van der Waals surface area contributed by atoms with Gasteiger partial charge in [-0.25, -0.2) is 0 Å². The number of nitrogens with zero attached hydrogens (tertiary/aromatic N) is 1. The van der Waals surface area contributed by atoms with Gasteiger partial charge < -0.3 is 36.2 Å². The molecule has 0 bridgehead atoms. The van der Waals surface area contributed by atoms with Gasteiger partial charge >= 0.3 is 0 Å². The molecule has 38 heavy (non-hydrogen) atoms. The van der Waals surface area contributed by atoms with E-state index in [4.69, 9.17) is 5.73 Å². The van der Waals surface area contributed by atoms with E-state index in [0.717, 1.165) is 18.5 Å². The van der Waals surface area contributed by atoms with Gasteiger partial charge in [0.15, 0.2) is 17.2 Å². The van der Waals surface area contributed by atoms with Gasteiger partial charge in [0.05, 0.1) is 17.3 Å². The lowest BCUT2D eigenvalue weighted by atomic mass is 9.57. The Hall–Kier alpha value is -2.95. The number of aliphatic hydroxyl groups excluding tert-OH is 2. The number of hydrogen-bond donors (Lipinski definition) is 6. The predicted octanol–water partition coefficient (Wildman–Crippen LogP) is 1.05. The van der Waals surface area contributed by atoms with Gasteiger partial charge in [0.1, 0.15) is 17.4 Å². The first-order valence-corrected chi connectivity index (χ1v) is 13.3. The lowest BCUT2D eigenvalue weighted by Crippen LogP contribution is -2.63. The molecule has 2 unspecified atom stereocenters. The van der Waals surface area contributed by atoms with E-state index in [1.54, 1.807) is 0 Å². The van der Waals surface area contributed by atoms with E-state index in [-0.39, 0.29) is 36.1 Å². The smallest absolute Gasteiger partial charge is 0.230 e. The number of nitrogens with two attached hydrogens (primary N) is 1. The van der Waals surface area contributed by atoms with Crippen molar-refractivity contribution in [1.82, 2.24) is 0 Å². The molecule has 1 aromatic carbocycles. The molecule has 0 saturated heterocycles. The third kappa shape index (κ3) is 3.84. The van der Waals surface area contributed by atoms with Crippen molar-refractivity contribution in [3.8, 4) is 5.75 Å². The number of rotatable bonds is 5. The average Bonchev–Trinajstić information content (AvgIpc) is 3.27. The monoisotopic (exact) mass is 528 g/mol. The topological polar surface area (TPSA) is 182 Å². The maximum Gasteiger partial charge on any atom is 0.230 e. The molecule has 0 radical (unpaired) electrons. The lowest BCUT2D eigenvalue weighted by Gasteiger charge is -2.48. The van der Waals surface area contributed by atoms with Crippen LogP contribution in [0, 0.1) is 17.8 Å². The fraction of sp³-hybridized carbons (Fsp3) is 0.607. The summed E-state index contributed by atoms with van der Waals surface area (Å²) < 4.78 is 0. The zero-order valence-corrected chi connectivity index (χ0v) is 21.7. The number of amides is 1. The van der Waals surface area contributed by atoms with Crippen molar-refractivity contribution >= 4 is 23.2 Å². The Morgan fingerprint density at radius 2 is 1.79 bits per heavy atom. The molecular formula is C28H36N2O8. The van der Waals surface area contributed by atoms with Gasteiger partial charge in [-0.3, -0.25) is 14.4 Å². The van der Waals surface area contributed by atoms with Gasteiger partial charge in [-0.1, -0.05) is 12.8 Å². The van der Waals surface area contributed by atoms with Crippen LogP contribution in [-0.2, 0) is 22.4 Å². The van der Waals surface area contributed by atoms with Crippen LogP contribution in [0.15, 0.2) is 17.4 Å². The first-order chi connectivity index (χ1) is 17.8. The zero-order valence-electron chi connectivity index (χ0n) is 21.7. The standard InChI is InChI=1S/C28H36N2O8/c1-30(2)17-11-13(5-8-27(37)6-3-4-7-27)22(32)20-16(17)10-14-9-15-12-18(31)21(26(29)36)25(35)28(15,38)24(34)19(14)23(20)33/h11,14-15,18,21,31-32,34,37-38H,3-10,12H2,1-2H3,(H2,29,36)/t14-,15+,18?,21?,28+/m1/s1. The van der Waals surface area contributed by atoms with E-state index in [1.807, 2.05) is 25.1 Å². The number of allylic oxidation sites excluding steroid dienone is 1. The summed E-state index contributed by atoms with van der Waals surface area (Å²) in [7, 11) is 3.65. The van der Waals surface area contributed by atoms with E-state index >= 15 is 0 Å². The number of hydrogen-bond acceptors (Lipinski definition) is 9. The Morgan fingerprint density at radius 1 is 1.13 bits per heavy atom. The summed E-state index contributed by atoms with van der Waals surface area (Å²) in [6.45, 7) is 0. The van der Waals surface area contributed by atoms with Crippen molar-refractivity contribution in [2.75, 3.05) is 19.0 Å². The normalized spacial score (nSPS) is 32.0. The number of benzene rings is 1. The maximum absolute atomic E-state index is 13.9. The summed E-state index contributed by atoms with van der Waals surface area (Å²) in [6.07, 6.45) is 2.90. The summed E-state index contributed by atoms with van der Waals surface area (Å²) in [6, 6.07) is 1.83. The first kappa shape index (κ1) is 26.6. The molecule has 5 rings (SSSR count). The van der Waals surface area contributed by atoms with Crippen LogP contribution in [0.2, 0.25) is 0 Å². The van der Waals surface area contributed by atoms with Crippen molar-refractivity contribution in [2.24, 2.45) is 23.5 Å². The molecule has 0 aromatic heterocycles. The highest BCUT2D eigenvalue weighted by molar-refractivity contribution is 6.16. The largest absolute Gasteiger partial charge is 0.508 e. The minimum absolute atomic E-state index is 0.0132. The zero-order chi connectivity index (χ0) is 27.7. The van der Waals surface area contributed by atoms with E-state index in [2.05, 4.69) is 0 Å². The molecule has 10 heteroatoms. The quantitative estimate of drug-likeness (QED) is 0.304. The molecule has 2 saturated carbocycles. The van der Waals surface area contributed by atoms with Crippen LogP contribution in [0.25, 0.3) is 0 Å². The molecule has 4 aliphatic carbocycles. The number of aliphatic hydroxyl groups is 4. The number of phenolic OH excluding ortho intramolecular Hbond substituents is 1. The van der Waals surface area contributed by atoms with Crippen LogP contribution in [0.1, 0.15) is 66.4 Å². The van der Waals surface area contributed by atoms with Crippen LogP contribution in [-0.4, -0.2) is 74.4 Å². The lowest BCUT2D eigenvalue weighted by molar-refractivity contribution is -0.167. The van der Waals surface area contributed by atoms with Crippen LogP contribution >= 0.6 is 0 Å². The third-order valence-electron chi connectivity index (χ3n) is 9.32. The Morgan fingerprint density at radius 3 is 2.39 bits per heavy atom. The summed E-state index contributed by atoms with van der Waals surface area (Å²) in [5.41, 5.74) is 3.66. The molecule has 1 amide bonds. The molecule has 2 fully saturated rings. The minimum Gasteiger partial charge on any atom is -0.508 e. The minimum atomic E-state index is -2.53. The fourth-order valence-electron chi connectivity index (χ4n) is 7.27. The number of carbonyl (C=O) groups is 3. The fourth-order valence-corrected chi connectivity index (χ4v) is 7.27. The van der Waals surface area contributed by atoms with Gasteiger partial charge in [0, 0.05) is 31.3 Å². The molecule has 0 aliphatic heterocycles. The molecule has 0 spiro atoms. The van der Waals surface area contributed by atoms with Crippen molar-refractivity contribution in [2.45, 2.75) is 75.1 Å². The van der Waals surface area contributed by atoms with Crippen molar-refractivity contribution in [3.63, 3.8) is 0 Å². The van der Waals surface area contributed by atoms with Gasteiger partial charge in [0.25, 0.3) is 0 Å². The molecular weight excluding hydrogens is 492 g/mol. The summed E-state index contributed by atoms with van der Waals surface area (Å²) in [5, 5.41) is 55.3. The van der Waals surface area contributed by atoms with Gasteiger partial charge in [-0.2, -0.15) is 0 Å². The SMILES string of the molecule is CN(C)c1cc(CCC2(O)CCCC2)c(O)c2c1C[C@H]1C[C@H]3CC(O)C(C(N)=O)C(=O)[C@@]3(O)C(O)=C1C2=O. The number of aryl methyl sites for hydroxylation is 1. The molecule has 1 aromatic rings. The molecule has 7 N–H and O–H groups in total. The first-order valence-electron chi connectivity index (χ1n) is 13.3. The Kier molecular flexibility index (Phi) is 6.36. The number of anilines is 1. The summed E-state index contributed by atoms with van der Waals surface area (Å²) in [4.78, 5) is 40.8. The van der Waals surface area contributed by atoms with Gasteiger partial charge in [-0.15, -0.1) is 0 Å². The Bertz CT molecular complexity index is 1250. The van der Waals surface area contributed by atoms with E-state index < -0.39 is 58.3 Å². The van der Waals surface area contributed by atoms with Gasteiger partial charge in [-0.05, 0) is 68.1 Å². The predicted molar refractivity (Wildman–Crippen MR) is 137 cm³/mol. The van der Waals surface area contributed by atoms with Crippen LogP contribution in [0.4, 0.5) is 5.69 Å². The van der Waals surface area contributed by atoms with Crippen molar-refractivity contribution in [1.29, 1.82) is 0 Å². The number of ketones is 2. The van der Waals surface area contributed by atoms with Gasteiger partial charge in [0.2, 0.25) is 5.91 Å². The second kappa shape index (κ2) is 9.07. The van der Waals surface area contributed by atoms with E-state index in [1.165, 1.54) is 0 Å². The van der Waals surface area contributed by atoms with E-state index in [9.17, 15) is 39.9 Å². The summed E-state index contributed by atoms with van der Waals surface area (Å²) >= 11 is 0. The molecule has 4 aliphatic rings. The molecule has 206 valence electrons. The number of fused-ring (bicyclic) bond motifs is 3. The van der Waals surface area contributed by atoms with Crippen molar-refractivity contribution < 1.29 is 39.9 Å². The van der Waals surface area contributed by atoms with Crippen LogP contribution in [0.3, 0.4) is 0 Å². The number of carbonyl (C=O) groups excluding carboxylic acids is 3. The molecule has 5 atom stereocenters.